The SMILES string of the molecule is C=CCc1ccccc1.O=C(O)Cc1ccccc1. The number of carboxylic acid groups (broad SMARTS) is 1. The molecule has 0 unspecified atom stereocenters. The molecule has 0 fully saturated rings. The number of carboxylic acids is 1. The van der Waals surface area contributed by atoms with Crippen LogP contribution < -0.4 is 0 Å². The standard InChI is InChI=1S/C9H10.C8H8O2/c1-2-6-9-7-4-3-5-8-9;9-8(10)6-7-4-2-1-3-5-7/h2-5,7-8H,1,6H2;1-5H,6H2,(H,9,10). The number of allylic oxidation sites excluding steroid dienone is 1. The molecular weight excluding hydrogens is 236 g/mol. The maximum absolute atomic E-state index is 10.2. The molecule has 0 bridgehead atoms. The third kappa shape index (κ3) is 6.84. The molecule has 2 rings (SSSR count). The molecule has 2 heteroatoms. The molecule has 2 aromatic rings. The molecule has 2 aromatic carbocycles. The highest BCUT2D eigenvalue weighted by molar-refractivity contribution is 5.70. The lowest BCUT2D eigenvalue weighted by Gasteiger charge is -1.92. The van der Waals surface area contributed by atoms with E-state index in [9.17, 15) is 4.79 Å². The van der Waals surface area contributed by atoms with E-state index in [2.05, 4.69) is 18.7 Å². The number of rotatable bonds is 4. The van der Waals surface area contributed by atoms with Crippen LogP contribution in [0, 0.1) is 0 Å². The normalized spacial score (nSPS) is 9.05. The van der Waals surface area contributed by atoms with Crippen molar-refractivity contribution in [1.82, 2.24) is 0 Å². The minimum atomic E-state index is -0.786. The van der Waals surface area contributed by atoms with Gasteiger partial charge in [-0.3, -0.25) is 4.79 Å². The number of carbonyl (C=O) groups is 1. The second-order valence-electron chi connectivity index (χ2n) is 4.03. The predicted octanol–water partition coefficient (Wildman–Crippen LogP) is 3.73. The van der Waals surface area contributed by atoms with Crippen LogP contribution in [0.4, 0.5) is 0 Å². The lowest BCUT2D eigenvalue weighted by Crippen LogP contribution is -1.98. The van der Waals surface area contributed by atoms with Crippen LogP contribution in [0.25, 0.3) is 0 Å². The summed E-state index contributed by atoms with van der Waals surface area (Å²) < 4.78 is 0. The van der Waals surface area contributed by atoms with Gasteiger partial charge in [-0.1, -0.05) is 66.7 Å². The minimum absolute atomic E-state index is 0.112. The average molecular weight is 254 g/mol. The first-order valence-corrected chi connectivity index (χ1v) is 6.13. The topological polar surface area (TPSA) is 37.3 Å². The first-order valence-electron chi connectivity index (χ1n) is 6.13. The Labute approximate surface area is 114 Å². The van der Waals surface area contributed by atoms with Gasteiger partial charge in [0.25, 0.3) is 0 Å². The van der Waals surface area contributed by atoms with Crippen molar-refractivity contribution in [3.63, 3.8) is 0 Å². The summed E-state index contributed by atoms with van der Waals surface area (Å²) in [5.41, 5.74) is 2.17. The van der Waals surface area contributed by atoms with E-state index in [1.165, 1.54) is 5.56 Å². The summed E-state index contributed by atoms with van der Waals surface area (Å²) >= 11 is 0. The zero-order valence-corrected chi connectivity index (χ0v) is 10.8. The Kier molecular flexibility index (Phi) is 6.73. The van der Waals surface area contributed by atoms with Crippen LogP contribution in [0.15, 0.2) is 73.3 Å². The van der Waals surface area contributed by atoms with Gasteiger partial charge in [-0.15, -0.1) is 6.58 Å². The molecule has 0 aliphatic carbocycles. The molecule has 98 valence electrons. The molecule has 0 aromatic heterocycles. The fourth-order valence-corrected chi connectivity index (χ4v) is 1.55. The van der Waals surface area contributed by atoms with E-state index in [0.717, 1.165) is 12.0 Å². The van der Waals surface area contributed by atoms with Crippen LogP contribution in [-0.4, -0.2) is 11.1 Å². The third-order valence-electron chi connectivity index (χ3n) is 2.42. The van der Waals surface area contributed by atoms with Gasteiger partial charge >= 0.3 is 5.97 Å². The summed E-state index contributed by atoms with van der Waals surface area (Å²) in [5.74, 6) is -0.786. The van der Waals surface area contributed by atoms with Crippen molar-refractivity contribution in [3.05, 3.63) is 84.4 Å². The first-order chi connectivity index (χ1) is 9.22. The molecule has 2 nitrogen and oxygen atoms in total. The quantitative estimate of drug-likeness (QED) is 0.844. The van der Waals surface area contributed by atoms with Gasteiger partial charge in [-0.05, 0) is 17.5 Å². The fourth-order valence-electron chi connectivity index (χ4n) is 1.55. The van der Waals surface area contributed by atoms with Crippen LogP contribution in [0.1, 0.15) is 11.1 Å². The summed E-state index contributed by atoms with van der Waals surface area (Å²) in [6.07, 6.45) is 3.00. The van der Waals surface area contributed by atoms with Crippen molar-refractivity contribution in [2.75, 3.05) is 0 Å². The van der Waals surface area contributed by atoms with Crippen molar-refractivity contribution in [2.45, 2.75) is 12.8 Å². The van der Waals surface area contributed by atoms with Gasteiger partial charge in [0, 0.05) is 0 Å². The second kappa shape index (κ2) is 8.70. The third-order valence-corrected chi connectivity index (χ3v) is 2.42. The zero-order chi connectivity index (χ0) is 13.9. The van der Waals surface area contributed by atoms with Crippen molar-refractivity contribution in [1.29, 1.82) is 0 Å². The molecule has 0 aliphatic rings. The summed E-state index contributed by atoms with van der Waals surface area (Å²) in [7, 11) is 0. The minimum Gasteiger partial charge on any atom is -0.481 e. The summed E-state index contributed by atoms with van der Waals surface area (Å²) in [6, 6.07) is 19.4. The summed E-state index contributed by atoms with van der Waals surface area (Å²) in [6.45, 7) is 3.66. The summed E-state index contributed by atoms with van der Waals surface area (Å²) in [5, 5.41) is 8.37. The van der Waals surface area contributed by atoms with Crippen molar-refractivity contribution >= 4 is 5.97 Å². The zero-order valence-electron chi connectivity index (χ0n) is 10.8. The van der Waals surface area contributed by atoms with E-state index in [4.69, 9.17) is 5.11 Å². The van der Waals surface area contributed by atoms with E-state index >= 15 is 0 Å². The van der Waals surface area contributed by atoms with E-state index < -0.39 is 5.97 Å². The van der Waals surface area contributed by atoms with Gasteiger partial charge in [-0.25, -0.2) is 0 Å². The highest BCUT2D eigenvalue weighted by Gasteiger charge is 1.96. The van der Waals surface area contributed by atoms with Gasteiger partial charge in [0.2, 0.25) is 0 Å². The molecule has 0 saturated heterocycles. The Morgan fingerprint density at radius 2 is 1.42 bits per heavy atom. The van der Waals surface area contributed by atoms with E-state index in [0.29, 0.717) is 0 Å². The fraction of sp³-hybridized carbons (Fsp3) is 0.118. The molecule has 0 heterocycles. The molecule has 19 heavy (non-hydrogen) atoms. The monoisotopic (exact) mass is 254 g/mol. The molecule has 0 radical (unpaired) electrons. The van der Waals surface area contributed by atoms with Crippen molar-refractivity contribution < 1.29 is 9.90 Å². The lowest BCUT2D eigenvalue weighted by molar-refractivity contribution is -0.136. The van der Waals surface area contributed by atoms with Crippen molar-refractivity contribution in [3.8, 4) is 0 Å². The van der Waals surface area contributed by atoms with Crippen LogP contribution in [0.3, 0.4) is 0 Å². The van der Waals surface area contributed by atoms with Crippen LogP contribution in [0.2, 0.25) is 0 Å². The van der Waals surface area contributed by atoms with Crippen LogP contribution in [0.5, 0.6) is 0 Å². The molecule has 0 atom stereocenters. The largest absolute Gasteiger partial charge is 0.481 e. The maximum atomic E-state index is 10.2. The first kappa shape index (κ1) is 14.7. The highest BCUT2D eigenvalue weighted by atomic mass is 16.4. The Bertz CT molecular complexity index is 489. The van der Waals surface area contributed by atoms with E-state index in [-0.39, 0.29) is 6.42 Å². The molecule has 1 N–H and O–H groups in total. The number of aliphatic carboxylic acids is 1. The van der Waals surface area contributed by atoms with Gasteiger partial charge in [0.1, 0.15) is 0 Å². The molecule has 0 saturated carbocycles. The molecule has 0 spiro atoms. The van der Waals surface area contributed by atoms with E-state index in [1.807, 2.05) is 42.5 Å². The molecule has 0 aliphatic heterocycles. The second-order valence-corrected chi connectivity index (χ2v) is 4.03. The number of benzene rings is 2. The van der Waals surface area contributed by atoms with Crippen molar-refractivity contribution in [2.24, 2.45) is 0 Å². The Morgan fingerprint density at radius 3 is 1.84 bits per heavy atom. The summed E-state index contributed by atoms with van der Waals surface area (Å²) in [4.78, 5) is 10.2. The number of hydrogen-bond donors (Lipinski definition) is 1. The van der Waals surface area contributed by atoms with Gasteiger partial charge in [0.05, 0.1) is 6.42 Å². The molecular formula is C17H18O2. The average Bonchev–Trinajstić information content (AvgIpc) is 2.41. The maximum Gasteiger partial charge on any atom is 0.307 e. The molecule has 0 amide bonds. The highest BCUT2D eigenvalue weighted by Crippen LogP contribution is 1.99. The Hall–Kier alpha value is -2.35. The van der Waals surface area contributed by atoms with E-state index in [1.54, 1.807) is 12.1 Å². The van der Waals surface area contributed by atoms with Gasteiger partial charge < -0.3 is 5.11 Å². The Morgan fingerprint density at radius 1 is 0.947 bits per heavy atom. The van der Waals surface area contributed by atoms with Crippen LogP contribution >= 0.6 is 0 Å². The number of hydrogen-bond acceptors (Lipinski definition) is 1. The Balaban J connectivity index is 0.000000191. The van der Waals surface area contributed by atoms with Gasteiger partial charge in [-0.2, -0.15) is 0 Å². The lowest BCUT2D eigenvalue weighted by atomic mass is 10.2. The predicted molar refractivity (Wildman–Crippen MR) is 78.1 cm³/mol. The van der Waals surface area contributed by atoms with Crippen LogP contribution in [-0.2, 0) is 17.6 Å². The smallest absolute Gasteiger partial charge is 0.307 e. The van der Waals surface area contributed by atoms with Gasteiger partial charge in [0.15, 0.2) is 0 Å².